The average Bonchev–Trinajstić information content (AvgIpc) is 2.93. The van der Waals surface area contributed by atoms with Crippen molar-refractivity contribution in [3.63, 3.8) is 0 Å². The van der Waals surface area contributed by atoms with E-state index in [4.69, 9.17) is 4.74 Å². The summed E-state index contributed by atoms with van der Waals surface area (Å²) in [6, 6.07) is 4.02. The topological polar surface area (TPSA) is 55.4 Å². The second-order valence-electron chi connectivity index (χ2n) is 7.38. The molecule has 0 fully saturated rings. The summed E-state index contributed by atoms with van der Waals surface area (Å²) in [6.45, 7) is 10.2. The average molecular weight is 386 g/mol. The monoisotopic (exact) mass is 385 g/mol. The number of carbonyl (C=O) groups is 2. The molecule has 3 rings (SSSR count). The number of nitrogens with one attached hydrogen (secondary N) is 1. The maximum atomic E-state index is 13.0. The number of aryl methyl sites for hydroxylation is 4. The second kappa shape index (κ2) is 7.85. The molecule has 2 aromatic rings. The van der Waals surface area contributed by atoms with Gasteiger partial charge in [-0.05, 0) is 69.6 Å². The number of rotatable bonds is 4. The van der Waals surface area contributed by atoms with Crippen LogP contribution in [-0.2, 0) is 11.2 Å². The summed E-state index contributed by atoms with van der Waals surface area (Å²) < 4.78 is 5.31. The van der Waals surface area contributed by atoms with E-state index in [-0.39, 0.29) is 11.9 Å². The molecule has 0 saturated heterocycles. The van der Waals surface area contributed by atoms with Gasteiger partial charge >= 0.3 is 5.97 Å². The van der Waals surface area contributed by atoms with Gasteiger partial charge in [0.25, 0.3) is 5.91 Å². The summed E-state index contributed by atoms with van der Waals surface area (Å²) in [5.74, 6) is -0.198. The molecule has 1 aliphatic carbocycles. The normalized spacial score (nSPS) is 16.0. The zero-order valence-electron chi connectivity index (χ0n) is 16.7. The van der Waals surface area contributed by atoms with Gasteiger partial charge in [0.15, 0.2) is 0 Å². The van der Waals surface area contributed by atoms with E-state index in [9.17, 15) is 9.59 Å². The highest BCUT2D eigenvalue weighted by atomic mass is 32.1. The first-order chi connectivity index (χ1) is 12.8. The predicted molar refractivity (Wildman–Crippen MR) is 110 cm³/mol. The molecule has 1 unspecified atom stereocenters. The standard InChI is InChI=1S/C22H27NO3S/c1-6-26-22(25)19-18-13(3)8-7-9-16(18)27-21(19)23-20(24)17-14(4)10-12(2)11-15(17)5/h10-11,13H,6-9H2,1-5H3,(H,23,24). The van der Waals surface area contributed by atoms with Gasteiger partial charge in [0.05, 0.1) is 12.2 Å². The summed E-state index contributed by atoms with van der Waals surface area (Å²) >= 11 is 1.52. The van der Waals surface area contributed by atoms with Crippen LogP contribution >= 0.6 is 11.3 Å². The van der Waals surface area contributed by atoms with Crippen molar-refractivity contribution in [3.05, 3.63) is 50.4 Å². The fourth-order valence-electron chi connectivity index (χ4n) is 4.11. The van der Waals surface area contributed by atoms with Gasteiger partial charge in [-0.15, -0.1) is 11.3 Å². The van der Waals surface area contributed by atoms with Crippen molar-refractivity contribution in [2.24, 2.45) is 0 Å². The quantitative estimate of drug-likeness (QED) is 0.703. The van der Waals surface area contributed by atoms with Crippen molar-refractivity contribution in [1.82, 2.24) is 0 Å². The SMILES string of the molecule is CCOC(=O)c1c(NC(=O)c2c(C)cc(C)cc2C)sc2c1C(C)CCC2. The lowest BCUT2D eigenvalue weighted by atomic mass is 9.86. The second-order valence-corrected chi connectivity index (χ2v) is 8.49. The number of esters is 1. The number of hydrogen-bond donors (Lipinski definition) is 1. The van der Waals surface area contributed by atoms with Crippen LogP contribution in [0.1, 0.15) is 80.5 Å². The third-order valence-electron chi connectivity index (χ3n) is 5.17. The van der Waals surface area contributed by atoms with Gasteiger partial charge in [0.1, 0.15) is 5.00 Å². The summed E-state index contributed by atoms with van der Waals surface area (Å²) in [6.07, 6.45) is 3.12. The molecule has 1 aromatic heterocycles. The molecule has 27 heavy (non-hydrogen) atoms. The van der Waals surface area contributed by atoms with Crippen LogP contribution in [0.4, 0.5) is 5.00 Å². The lowest BCUT2D eigenvalue weighted by molar-refractivity contribution is 0.0526. The molecule has 144 valence electrons. The van der Waals surface area contributed by atoms with Gasteiger partial charge < -0.3 is 10.1 Å². The van der Waals surface area contributed by atoms with Crippen LogP contribution in [0.3, 0.4) is 0 Å². The molecule has 0 spiro atoms. The van der Waals surface area contributed by atoms with E-state index in [2.05, 4.69) is 12.2 Å². The van der Waals surface area contributed by atoms with Crippen LogP contribution in [0, 0.1) is 20.8 Å². The Morgan fingerprint density at radius 1 is 1.19 bits per heavy atom. The van der Waals surface area contributed by atoms with Gasteiger partial charge in [-0.3, -0.25) is 4.79 Å². The number of carbonyl (C=O) groups excluding carboxylic acids is 2. The molecule has 1 aromatic carbocycles. The number of hydrogen-bond acceptors (Lipinski definition) is 4. The number of thiophene rings is 1. The molecule has 0 saturated carbocycles. The largest absolute Gasteiger partial charge is 0.462 e. The highest BCUT2D eigenvalue weighted by molar-refractivity contribution is 7.17. The van der Waals surface area contributed by atoms with E-state index in [0.29, 0.717) is 28.7 Å². The van der Waals surface area contributed by atoms with Crippen molar-refractivity contribution in [2.75, 3.05) is 11.9 Å². The predicted octanol–water partition coefficient (Wildman–Crippen LogP) is 5.54. The van der Waals surface area contributed by atoms with Crippen LogP contribution < -0.4 is 5.32 Å². The van der Waals surface area contributed by atoms with Gasteiger partial charge in [0, 0.05) is 10.4 Å². The van der Waals surface area contributed by atoms with Crippen molar-refractivity contribution in [3.8, 4) is 0 Å². The van der Waals surface area contributed by atoms with Gasteiger partial charge in [-0.2, -0.15) is 0 Å². The van der Waals surface area contributed by atoms with Gasteiger partial charge in [-0.25, -0.2) is 4.79 Å². The van der Waals surface area contributed by atoms with Gasteiger partial charge in [-0.1, -0.05) is 24.6 Å². The number of fused-ring (bicyclic) bond motifs is 1. The maximum absolute atomic E-state index is 13.0. The smallest absolute Gasteiger partial charge is 0.341 e. The number of amides is 1. The molecule has 1 N–H and O–H groups in total. The van der Waals surface area contributed by atoms with Crippen LogP contribution in [0.2, 0.25) is 0 Å². The summed E-state index contributed by atoms with van der Waals surface area (Å²) in [5.41, 5.74) is 5.32. The Hall–Kier alpha value is -2.14. The van der Waals surface area contributed by atoms with E-state index < -0.39 is 0 Å². The molecule has 0 radical (unpaired) electrons. The minimum absolute atomic E-state index is 0.165. The third-order valence-corrected chi connectivity index (χ3v) is 6.35. The van der Waals surface area contributed by atoms with Crippen molar-refractivity contribution in [2.45, 2.75) is 59.8 Å². The molecule has 5 heteroatoms. The van der Waals surface area contributed by atoms with E-state index in [0.717, 1.165) is 41.5 Å². The molecule has 1 aliphatic rings. The lowest BCUT2D eigenvalue weighted by Crippen LogP contribution is -2.18. The van der Waals surface area contributed by atoms with E-state index in [1.165, 1.54) is 16.2 Å². The molecule has 1 amide bonds. The van der Waals surface area contributed by atoms with Crippen LogP contribution in [-0.4, -0.2) is 18.5 Å². The first-order valence-corrected chi connectivity index (χ1v) is 10.4. The lowest BCUT2D eigenvalue weighted by Gasteiger charge is -2.19. The van der Waals surface area contributed by atoms with Crippen LogP contribution in [0.25, 0.3) is 0 Å². The van der Waals surface area contributed by atoms with E-state index in [1.807, 2.05) is 32.9 Å². The Morgan fingerprint density at radius 3 is 2.48 bits per heavy atom. The maximum Gasteiger partial charge on any atom is 0.341 e. The van der Waals surface area contributed by atoms with E-state index in [1.54, 1.807) is 6.92 Å². The Bertz CT molecular complexity index is 874. The fourth-order valence-corrected chi connectivity index (χ4v) is 5.45. The minimum atomic E-state index is -0.337. The first kappa shape index (κ1) is 19.6. The first-order valence-electron chi connectivity index (χ1n) is 9.55. The Labute approximate surface area is 164 Å². The summed E-state index contributed by atoms with van der Waals surface area (Å²) in [4.78, 5) is 26.9. The van der Waals surface area contributed by atoms with E-state index >= 15 is 0 Å². The number of benzene rings is 1. The Kier molecular flexibility index (Phi) is 5.70. The highest BCUT2D eigenvalue weighted by Gasteiger charge is 2.31. The van der Waals surface area contributed by atoms with Crippen molar-refractivity contribution in [1.29, 1.82) is 0 Å². The Morgan fingerprint density at radius 2 is 1.85 bits per heavy atom. The Balaban J connectivity index is 2.02. The zero-order chi connectivity index (χ0) is 19.7. The summed E-state index contributed by atoms with van der Waals surface area (Å²) in [5, 5.41) is 3.65. The fraction of sp³-hybridized carbons (Fsp3) is 0.455. The molecule has 0 aliphatic heterocycles. The van der Waals surface area contributed by atoms with Crippen LogP contribution in [0.5, 0.6) is 0 Å². The van der Waals surface area contributed by atoms with Crippen LogP contribution in [0.15, 0.2) is 12.1 Å². The minimum Gasteiger partial charge on any atom is -0.462 e. The molecule has 1 atom stereocenters. The molecule has 4 nitrogen and oxygen atoms in total. The van der Waals surface area contributed by atoms with Gasteiger partial charge in [0.2, 0.25) is 0 Å². The van der Waals surface area contributed by atoms with Crippen molar-refractivity contribution < 1.29 is 14.3 Å². The summed E-state index contributed by atoms with van der Waals surface area (Å²) in [7, 11) is 0. The molecule has 1 heterocycles. The molecular formula is C22H27NO3S. The zero-order valence-corrected chi connectivity index (χ0v) is 17.5. The van der Waals surface area contributed by atoms with Crippen molar-refractivity contribution >= 4 is 28.2 Å². The number of anilines is 1. The molecule has 0 bridgehead atoms. The molecular weight excluding hydrogens is 358 g/mol. The number of ether oxygens (including phenoxy) is 1. The third kappa shape index (κ3) is 3.79. The highest BCUT2D eigenvalue weighted by Crippen LogP contribution is 2.44.